The van der Waals surface area contributed by atoms with Gasteiger partial charge in [-0.2, -0.15) is 0 Å². The maximum absolute atomic E-state index is 8.98. The van der Waals surface area contributed by atoms with Crippen molar-refractivity contribution in [2.45, 2.75) is 25.9 Å². The van der Waals surface area contributed by atoms with Crippen LogP contribution in [0.25, 0.3) is 0 Å². The molecule has 0 aromatic rings. The van der Waals surface area contributed by atoms with Gasteiger partial charge in [-0.05, 0) is 13.3 Å². The molecule has 80 valence electrons. The van der Waals surface area contributed by atoms with Crippen molar-refractivity contribution >= 4 is 0 Å². The Kier molecular flexibility index (Phi) is 7.17. The van der Waals surface area contributed by atoms with E-state index in [1.807, 2.05) is 13.8 Å². The van der Waals surface area contributed by atoms with Crippen molar-refractivity contribution in [3.8, 4) is 0 Å². The Labute approximate surface area is 79.5 Å². The van der Waals surface area contributed by atoms with E-state index in [9.17, 15) is 0 Å². The summed E-state index contributed by atoms with van der Waals surface area (Å²) in [5.41, 5.74) is -0.456. The maximum atomic E-state index is 8.98. The zero-order valence-electron chi connectivity index (χ0n) is 8.45. The SMILES string of the molecule is CCC(C)(CO)OCCOCCO. The molecule has 0 radical (unpaired) electrons. The second-order valence-electron chi connectivity index (χ2n) is 3.15. The normalized spacial score (nSPS) is 15.7. The number of rotatable bonds is 8. The van der Waals surface area contributed by atoms with Gasteiger partial charge in [0.15, 0.2) is 0 Å². The third-order valence-electron chi connectivity index (χ3n) is 2.00. The lowest BCUT2D eigenvalue weighted by Gasteiger charge is -2.25. The van der Waals surface area contributed by atoms with Gasteiger partial charge in [-0.25, -0.2) is 0 Å². The molecule has 0 aromatic carbocycles. The standard InChI is InChI=1S/C9H20O4/c1-3-9(2,8-11)13-7-6-12-5-4-10/h10-11H,3-8H2,1-2H3. The summed E-state index contributed by atoms with van der Waals surface area (Å²) in [5, 5.41) is 17.4. The van der Waals surface area contributed by atoms with Crippen molar-refractivity contribution in [2.24, 2.45) is 0 Å². The first-order valence-electron chi connectivity index (χ1n) is 4.62. The monoisotopic (exact) mass is 192 g/mol. The minimum absolute atomic E-state index is 0.0174. The highest BCUT2D eigenvalue weighted by atomic mass is 16.5. The van der Waals surface area contributed by atoms with Crippen LogP contribution in [0.1, 0.15) is 20.3 Å². The van der Waals surface area contributed by atoms with Gasteiger partial charge in [-0.1, -0.05) is 6.92 Å². The lowest BCUT2D eigenvalue weighted by molar-refractivity contribution is -0.0872. The van der Waals surface area contributed by atoms with Crippen LogP contribution in [0.4, 0.5) is 0 Å². The van der Waals surface area contributed by atoms with Crippen molar-refractivity contribution in [3.05, 3.63) is 0 Å². The number of aliphatic hydroxyl groups excluding tert-OH is 2. The third-order valence-corrected chi connectivity index (χ3v) is 2.00. The molecule has 0 spiro atoms. The van der Waals surface area contributed by atoms with Crippen LogP contribution < -0.4 is 0 Å². The molecule has 0 aliphatic carbocycles. The number of hydrogen-bond acceptors (Lipinski definition) is 4. The summed E-state index contributed by atoms with van der Waals surface area (Å²) in [7, 11) is 0. The van der Waals surface area contributed by atoms with Crippen molar-refractivity contribution in [1.82, 2.24) is 0 Å². The highest BCUT2D eigenvalue weighted by molar-refractivity contribution is 4.70. The maximum Gasteiger partial charge on any atom is 0.0882 e. The van der Waals surface area contributed by atoms with Gasteiger partial charge in [0.05, 0.1) is 38.6 Å². The van der Waals surface area contributed by atoms with E-state index in [1.54, 1.807) is 0 Å². The van der Waals surface area contributed by atoms with Crippen LogP contribution in [0.3, 0.4) is 0 Å². The van der Waals surface area contributed by atoms with Gasteiger partial charge in [-0.3, -0.25) is 0 Å². The quantitative estimate of drug-likeness (QED) is 0.538. The largest absolute Gasteiger partial charge is 0.394 e. The van der Waals surface area contributed by atoms with Gasteiger partial charge in [0.1, 0.15) is 0 Å². The van der Waals surface area contributed by atoms with Crippen molar-refractivity contribution in [3.63, 3.8) is 0 Å². The van der Waals surface area contributed by atoms with Crippen LogP contribution in [0.5, 0.6) is 0 Å². The van der Waals surface area contributed by atoms with Crippen molar-refractivity contribution in [2.75, 3.05) is 33.0 Å². The van der Waals surface area contributed by atoms with E-state index in [0.717, 1.165) is 6.42 Å². The molecule has 1 unspecified atom stereocenters. The number of hydrogen-bond donors (Lipinski definition) is 2. The fraction of sp³-hybridized carbons (Fsp3) is 1.00. The Morgan fingerprint density at radius 3 is 2.31 bits per heavy atom. The van der Waals surface area contributed by atoms with Gasteiger partial charge in [0, 0.05) is 0 Å². The first-order valence-corrected chi connectivity index (χ1v) is 4.62. The fourth-order valence-corrected chi connectivity index (χ4v) is 0.773. The molecule has 4 nitrogen and oxygen atoms in total. The third kappa shape index (κ3) is 5.99. The highest BCUT2D eigenvalue weighted by Gasteiger charge is 2.20. The molecule has 0 fully saturated rings. The van der Waals surface area contributed by atoms with Crippen molar-refractivity contribution in [1.29, 1.82) is 0 Å². The Balaban J connectivity index is 3.39. The predicted molar refractivity (Wildman–Crippen MR) is 49.6 cm³/mol. The smallest absolute Gasteiger partial charge is 0.0882 e. The molecule has 13 heavy (non-hydrogen) atoms. The molecule has 2 N–H and O–H groups in total. The molecular formula is C9H20O4. The van der Waals surface area contributed by atoms with Crippen LogP contribution in [0.2, 0.25) is 0 Å². The van der Waals surface area contributed by atoms with Crippen LogP contribution in [0, 0.1) is 0 Å². The van der Waals surface area contributed by atoms with E-state index in [2.05, 4.69) is 0 Å². The summed E-state index contributed by atoms with van der Waals surface area (Å²) in [6.45, 7) is 5.12. The molecule has 0 aliphatic rings. The average Bonchev–Trinajstić information content (AvgIpc) is 2.17. The summed E-state index contributed by atoms with van der Waals surface area (Å²) < 4.78 is 10.4. The number of aliphatic hydroxyl groups is 2. The molecule has 0 bridgehead atoms. The first-order chi connectivity index (χ1) is 6.18. The first kappa shape index (κ1) is 12.8. The summed E-state index contributed by atoms with van der Waals surface area (Å²) >= 11 is 0. The summed E-state index contributed by atoms with van der Waals surface area (Å²) in [4.78, 5) is 0. The van der Waals surface area contributed by atoms with E-state index in [1.165, 1.54) is 0 Å². The minimum atomic E-state index is -0.456. The lowest BCUT2D eigenvalue weighted by Crippen LogP contribution is -2.33. The van der Waals surface area contributed by atoms with E-state index in [-0.39, 0.29) is 13.2 Å². The van der Waals surface area contributed by atoms with E-state index in [4.69, 9.17) is 19.7 Å². The van der Waals surface area contributed by atoms with Gasteiger partial charge in [0.2, 0.25) is 0 Å². The van der Waals surface area contributed by atoms with Crippen LogP contribution in [-0.2, 0) is 9.47 Å². The van der Waals surface area contributed by atoms with E-state index >= 15 is 0 Å². The van der Waals surface area contributed by atoms with Crippen LogP contribution in [0.15, 0.2) is 0 Å². The van der Waals surface area contributed by atoms with E-state index < -0.39 is 5.60 Å². The fourth-order valence-electron chi connectivity index (χ4n) is 0.773. The molecule has 0 saturated heterocycles. The Bertz CT molecular complexity index is 112. The molecule has 0 amide bonds. The molecule has 4 heteroatoms. The summed E-state index contributed by atoms with van der Waals surface area (Å²) in [6.07, 6.45) is 0.767. The predicted octanol–water partition coefficient (Wildman–Crippen LogP) is 0.173. The van der Waals surface area contributed by atoms with Gasteiger partial charge >= 0.3 is 0 Å². The van der Waals surface area contributed by atoms with Crippen LogP contribution in [-0.4, -0.2) is 48.8 Å². The molecule has 1 atom stereocenters. The molecule has 0 aromatic heterocycles. The topological polar surface area (TPSA) is 58.9 Å². The number of ether oxygens (including phenoxy) is 2. The van der Waals surface area contributed by atoms with Crippen LogP contribution >= 0.6 is 0 Å². The second-order valence-corrected chi connectivity index (χ2v) is 3.15. The highest BCUT2D eigenvalue weighted by Crippen LogP contribution is 2.13. The van der Waals surface area contributed by atoms with Gasteiger partial charge in [-0.15, -0.1) is 0 Å². The molecule has 0 heterocycles. The molecule has 0 rings (SSSR count). The second kappa shape index (κ2) is 7.26. The van der Waals surface area contributed by atoms with Crippen molar-refractivity contribution < 1.29 is 19.7 Å². The Morgan fingerprint density at radius 1 is 1.15 bits per heavy atom. The molecule has 0 saturated carbocycles. The van der Waals surface area contributed by atoms with Gasteiger partial charge < -0.3 is 19.7 Å². The summed E-state index contributed by atoms with van der Waals surface area (Å²) in [6, 6.07) is 0. The summed E-state index contributed by atoms with van der Waals surface area (Å²) in [5.74, 6) is 0. The zero-order chi connectivity index (χ0) is 10.2. The molecule has 0 aliphatic heterocycles. The van der Waals surface area contributed by atoms with E-state index in [0.29, 0.717) is 19.8 Å². The Hall–Kier alpha value is -0.160. The average molecular weight is 192 g/mol. The zero-order valence-corrected chi connectivity index (χ0v) is 8.45. The Morgan fingerprint density at radius 2 is 1.85 bits per heavy atom. The molecular weight excluding hydrogens is 172 g/mol. The lowest BCUT2D eigenvalue weighted by atomic mass is 10.1. The minimum Gasteiger partial charge on any atom is -0.394 e. The van der Waals surface area contributed by atoms with Gasteiger partial charge in [0.25, 0.3) is 0 Å².